The third kappa shape index (κ3) is 3.33. The highest BCUT2D eigenvalue weighted by atomic mass is 31.0. The van der Waals surface area contributed by atoms with Gasteiger partial charge in [0.2, 0.25) is 0 Å². The number of likely N-dealkylation sites (N-methyl/N-ethyl adjacent to an activating group) is 1. The van der Waals surface area contributed by atoms with Crippen LogP contribution < -0.4 is 5.84 Å². The van der Waals surface area contributed by atoms with Crippen molar-refractivity contribution in [2.75, 3.05) is 33.2 Å². The van der Waals surface area contributed by atoms with E-state index in [1.807, 2.05) is 7.05 Å². The molecule has 0 amide bonds. The highest BCUT2D eigenvalue weighted by Gasteiger charge is 2.21. The first-order valence-electron chi connectivity index (χ1n) is 4.26. The summed E-state index contributed by atoms with van der Waals surface area (Å²) in [6, 6.07) is 0. The summed E-state index contributed by atoms with van der Waals surface area (Å²) in [6.07, 6.45) is 1.54. The predicted molar refractivity (Wildman–Crippen MR) is 52.5 cm³/mol. The van der Waals surface area contributed by atoms with Crippen LogP contribution in [0.2, 0.25) is 0 Å². The fourth-order valence-electron chi connectivity index (χ4n) is 1.41. The third-order valence-corrected chi connectivity index (χ3v) is 2.58. The predicted octanol–water partition coefficient (Wildman–Crippen LogP) is -0.327. The summed E-state index contributed by atoms with van der Waals surface area (Å²) >= 11 is 0. The zero-order valence-corrected chi connectivity index (χ0v) is 8.72. The van der Waals surface area contributed by atoms with Crippen molar-refractivity contribution in [3.8, 4) is 0 Å². The topological polar surface area (TPSA) is 41.7 Å². The van der Waals surface area contributed by atoms with Gasteiger partial charge in [-0.3, -0.25) is 10.7 Å². The van der Waals surface area contributed by atoms with Crippen LogP contribution in [0.5, 0.6) is 0 Å². The van der Waals surface area contributed by atoms with Crippen molar-refractivity contribution >= 4 is 9.47 Å². The highest BCUT2D eigenvalue weighted by Crippen LogP contribution is 2.13. The number of hydrogen-bond acceptors (Lipinski definition) is 4. The lowest BCUT2D eigenvalue weighted by Crippen LogP contribution is -2.35. The Morgan fingerprint density at radius 3 is 3.00 bits per heavy atom. The molecule has 0 aromatic rings. The lowest BCUT2D eigenvalue weighted by atomic mass is 10.3. The fraction of sp³-hybridized carbons (Fsp3) is 1.00. The van der Waals surface area contributed by atoms with Gasteiger partial charge in [0.25, 0.3) is 0 Å². The Kier molecular flexibility index (Phi) is 4.40. The molecule has 0 aromatic heterocycles. The summed E-state index contributed by atoms with van der Waals surface area (Å²) in [5, 5.41) is 1.72. The van der Waals surface area contributed by atoms with Crippen molar-refractivity contribution < 1.29 is 4.52 Å². The second-order valence-electron chi connectivity index (χ2n) is 3.33. The Hall–Kier alpha value is 0.270. The minimum Gasteiger partial charge on any atom is -0.361 e. The van der Waals surface area contributed by atoms with E-state index in [0.29, 0.717) is 6.10 Å². The molecule has 2 unspecified atom stereocenters. The van der Waals surface area contributed by atoms with E-state index in [2.05, 4.69) is 14.4 Å². The monoisotopic (exact) mass is 191 g/mol. The quantitative estimate of drug-likeness (QED) is 0.375. The molecule has 0 bridgehead atoms. The van der Waals surface area contributed by atoms with Gasteiger partial charge in [-0.2, -0.15) is 0 Å². The minimum atomic E-state index is 0.401. The van der Waals surface area contributed by atoms with E-state index in [1.54, 1.807) is 5.01 Å². The van der Waals surface area contributed by atoms with Gasteiger partial charge in [-0.05, 0) is 6.42 Å². The molecule has 0 aliphatic carbocycles. The smallest absolute Gasteiger partial charge is 0.0749 e. The number of hydrogen-bond donors (Lipinski definition) is 1. The first-order chi connectivity index (χ1) is 5.72. The van der Waals surface area contributed by atoms with E-state index in [9.17, 15) is 0 Å². The third-order valence-electron chi connectivity index (χ3n) is 2.19. The van der Waals surface area contributed by atoms with Crippen molar-refractivity contribution in [2.45, 2.75) is 12.5 Å². The van der Waals surface area contributed by atoms with Crippen LogP contribution in [0, 0.1) is 0 Å². The van der Waals surface area contributed by atoms with Crippen LogP contribution in [0.15, 0.2) is 0 Å². The molecular weight excluding hydrogens is 173 g/mol. The first-order valence-corrected chi connectivity index (χ1v) is 4.73. The molecule has 12 heavy (non-hydrogen) atoms. The van der Waals surface area contributed by atoms with Crippen LogP contribution in [0.1, 0.15) is 6.42 Å². The number of nitrogens with two attached hydrogens (primary N) is 1. The summed E-state index contributed by atoms with van der Waals surface area (Å²) in [6.45, 7) is 4.13. The van der Waals surface area contributed by atoms with Crippen LogP contribution in [0.25, 0.3) is 0 Å². The molecule has 0 spiro atoms. The van der Waals surface area contributed by atoms with Crippen molar-refractivity contribution in [1.82, 2.24) is 9.91 Å². The molecule has 72 valence electrons. The lowest BCUT2D eigenvalue weighted by Gasteiger charge is -2.17. The van der Waals surface area contributed by atoms with E-state index < -0.39 is 0 Å². The molecule has 1 aliphatic heterocycles. The van der Waals surface area contributed by atoms with E-state index in [0.717, 1.165) is 32.6 Å². The Morgan fingerprint density at radius 1 is 1.75 bits per heavy atom. The summed E-state index contributed by atoms with van der Waals surface area (Å²) in [7, 11) is 4.22. The average Bonchev–Trinajstić information content (AvgIpc) is 2.48. The van der Waals surface area contributed by atoms with Gasteiger partial charge in [-0.25, -0.2) is 5.01 Å². The van der Waals surface area contributed by atoms with Crippen LogP contribution in [-0.2, 0) is 4.52 Å². The maximum absolute atomic E-state index is 5.51. The van der Waals surface area contributed by atoms with Crippen LogP contribution in [0.4, 0.5) is 0 Å². The molecule has 0 saturated carbocycles. The standard InChI is InChI=1S/C7H18N3OP/c1-9(8)4-5-10-3-2-7(6-10)11-12/h7H,2-6,8,12H2,1H3. The molecule has 0 radical (unpaired) electrons. The second kappa shape index (κ2) is 5.10. The summed E-state index contributed by atoms with van der Waals surface area (Å²) in [4.78, 5) is 2.37. The minimum absolute atomic E-state index is 0.401. The van der Waals surface area contributed by atoms with Crippen molar-refractivity contribution in [3.63, 3.8) is 0 Å². The van der Waals surface area contributed by atoms with Crippen molar-refractivity contribution in [3.05, 3.63) is 0 Å². The Morgan fingerprint density at radius 2 is 2.50 bits per heavy atom. The fourth-order valence-corrected chi connectivity index (χ4v) is 1.63. The van der Waals surface area contributed by atoms with Crippen LogP contribution >= 0.6 is 9.47 Å². The summed E-state index contributed by atoms with van der Waals surface area (Å²) < 4.78 is 5.18. The van der Waals surface area contributed by atoms with Gasteiger partial charge < -0.3 is 4.52 Å². The normalized spacial score (nSPS) is 25.5. The van der Waals surface area contributed by atoms with Gasteiger partial charge in [0.1, 0.15) is 0 Å². The highest BCUT2D eigenvalue weighted by molar-refractivity contribution is 7.09. The Labute approximate surface area is 76.3 Å². The van der Waals surface area contributed by atoms with Crippen LogP contribution in [0.3, 0.4) is 0 Å². The molecule has 1 rings (SSSR count). The molecule has 1 heterocycles. The number of likely N-dealkylation sites (tertiary alicyclic amines) is 1. The van der Waals surface area contributed by atoms with Gasteiger partial charge in [-0.15, -0.1) is 0 Å². The van der Waals surface area contributed by atoms with E-state index in [1.165, 1.54) is 0 Å². The molecule has 1 fully saturated rings. The summed E-state index contributed by atoms with van der Waals surface area (Å²) in [5.74, 6) is 5.51. The van der Waals surface area contributed by atoms with E-state index >= 15 is 0 Å². The van der Waals surface area contributed by atoms with Crippen molar-refractivity contribution in [2.24, 2.45) is 5.84 Å². The molecular formula is C7H18N3OP. The van der Waals surface area contributed by atoms with E-state index in [4.69, 9.17) is 10.4 Å². The second-order valence-corrected chi connectivity index (χ2v) is 3.60. The number of rotatable bonds is 4. The Balaban J connectivity index is 2.11. The van der Waals surface area contributed by atoms with Gasteiger partial charge in [-0.1, -0.05) is 0 Å². The first kappa shape index (κ1) is 10.4. The molecule has 1 aliphatic rings. The maximum atomic E-state index is 5.51. The Bertz CT molecular complexity index is 134. The molecule has 5 heteroatoms. The molecule has 0 aromatic carbocycles. The van der Waals surface area contributed by atoms with Crippen LogP contribution in [-0.4, -0.2) is 49.2 Å². The largest absolute Gasteiger partial charge is 0.361 e. The van der Waals surface area contributed by atoms with Gasteiger partial charge in [0.05, 0.1) is 6.10 Å². The maximum Gasteiger partial charge on any atom is 0.0749 e. The lowest BCUT2D eigenvalue weighted by molar-refractivity contribution is 0.215. The van der Waals surface area contributed by atoms with Gasteiger partial charge in [0, 0.05) is 42.7 Å². The average molecular weight is 191 g/mol. The van der Waals surface area contributed by atoms with Gasteiger partial charge in [0.15, 0.2) is 0 Å². The van der Waals surface area contributed by atoms with Gasteiger partial charge >= 0.3 is 0 Å². The number of hydrazine groups is 1. The summed E-state index contributed by atoms with van der Waals surface area (Å²) in [5.41, 5.74) is 0. The number of nitrogens with zero attached hydrogens (tertiary/aromatic N) is 2. The zero-order valence-electron chi connectivity index (χ0n) is 7.57. The van der Waals surface area contributed by atoms with Crippen molar-refractivity contribution in [1.29, 1.82) is 0 Å². The zero-order chi connectivity index (χ0) is 8.97. The SMILES string of the molecule is CN(N)CCN1CCC(OP)C1. The molecule has 2 N–H and O–H groups in total. The molecule has 1 saturated heterocycles. The molecule has 4 nitrogen and oxygen atoms in total. The molecule has 2 atom stereocenters. The van der Waals surface area contributed by atoms with E-state index in [-0.39, 0.29) is 0 Å².